The van der Waals surface area contributed by atoms with Gasteiger partial charge in [-0.05, 0) is 31.5 Å². The van der Waals surface area contributed by atoms with Crippen LogP contribution in [-0.4, -0.2) is 19.4 Å². The van der Waals surface area contributed by atoms with Crippen LogP contribution in [-0.2, 0) is 6.61 Å². The van der Waals surface area contributed by atoms with Crippen molar-refractivity contribution in [1.82, 2.24) is 9.55 Å². The SMILES string of the molecule is CC1(C)Sc2ncc(CO)n2C1c1cccc(F)c1. The van der Waals surface area contributed by atoms with Crippen molar-refractivity contribution in [2.45, 2.75) is 36.4 Å². The van der Waals surface area contributed by atoms with Gasteiger partial charge < -0.3 is 9.67 Å². The Morgan fingerprint density at radius 2 is 2.26 bits per heavy atom. The van der Waals surface area contributed by atoms with E-state index in [0.29, 0.717) is 0 Å². The normalized spacial score (nSPS) is 20.5. The maximum atomic E-state index is 13.5. The van der Waals surface area contributed by atoms with E-state index in [1.54, 1.807) is 30.1 Å². The molecule has 0 aliphatic carbocycles. The molecule has 0 fully saturated rings. The molecule has 0 saturated heterocycles. The quantitative estimate of drug-likeness (QED) is 0.917. The zero-order chi connectivity index (χ0) is 13.6. The Morgan fingerprint density at radius 3 is 2.95 bits per heavy atom. The third-order valence-electron chi connectivity index (χ3n) is 3.44. The second kappa shape index (κ2) is 4.35. The average molecular weight is 278 g/mol. The fourth-order valence-electron chi connectivity index (χ4n) is 2.67. The molecule has 19 heavy (non-hydrogen) atoms. The van der Waals surface area contributed by atoms with E-state index in [9.17, 15) is 9.50 Å². The van der Waals surface area contributed by atoms with E-state index in [2.05, 4.69) is 18.8 Å². The number of nitrogens with zero attached hydrogens (tertiary/aromatic N) is 2. The van der Waals surface area contributed by atoms with Crippen molar-refractivity contribution < 1.29 is 9.50 Å². The molecular formula is C14H15FN2OS. The summed E-state index contributed by atoms with van der Waals surface area (Å²) in [4.78, 5) is 4.33. The standard InChI is InChI=1S/C14H15FN2OS/c1-14(2)12(9-4-3-5-10(15)6-9)17-11(8-18)7-16-13(17)19-14/h3-7,12,18H,8H2,1-2H3. The maximum absolute atomic E-state index is 13.5. The van der Waals surface area contributed by atoms with Crippen molar-refractivity contribution in [3.05, 3.63) is 47.5 Å². The minimum atomic E-state index is -0.239. The van der Waals surface area contributed by atoms with Gasteiger partial charge in [0.25, 0.3) is 0 Å². The molecular weight excluding hydrogens is 263 g/mol. The van der Waals surface area contributed by atoms with Gasteiger partial charge in [0.15, 0.2) is 5.16 Å². The highest BCUT2D eigenvalue weighted by molar-refractivity contribution is 8.00. The van der Waals surface area contributed by atoms with Gasteiger partial charge in [0.1, 0.15) is 5.82 Å². The van der Waals surface area contributed by atoms with Gasteiger partial charge in [-0.2, -0.15) is 0 Å². The lowest BCUT2D eigenvalue weighted by Crippen LogP contribution is -2.26. The molecule has 0 saturated carbocycles. The number of fused-ring (bicyclic) bond motifs is 1. The van der Waals surface area contributed by atoms with Crippen LogP contribution in [0.2, 0.25) is 0 Å². The van der Waals surface area contributed by atoms with Crippen molar-refractivity contribution in [3.8, 4) is 0 Å². The van der Waals surface area contributed by atoms with E-state index < -0.39 is 0 Å². The molecule has 1 aromatic heterocycles. The van der Waals surface area contributed by atoms with Gasteiger partial charge in [-0.3, -0.25) is 0 Å². The minimum Gasteiger partial charge on any atom is -0.390 e. The second-order valence-corrected chi connectivity index (χ2v) is 6.84. The summed E-state index contributed by atoms with van der Waals surface area (Å²) in [6.07, 6.45) is 1.68. The highest BCUT2D eigenvalue weighted by atomic mass is 32.2. The van der Waals surface area contributed by atoms with E-state index in [1.807, 2.05) is 10.6 Å². The third-order valence-corrected chi connectivity index (χ3v) is 4.67. The Kier molecular flexibility index (Phi) is 2.91. The van der Waals surface area contributed by atoms with Crippen LogP contribution < -0.4 is 0 Å². The van der Waals surface area contributed by atoms with E-state index in [0.717, 1.165) is 16.4 Å². The number of rotatable bonds is 2. The first-order chi connectivity index (χ1) is 9.03. The molecule has 1 unspecified atom stereocenters. The van der Waals surface area contributed by atoms with Crippen LogP contribution in [0.5, 0.6) is 0 Å². The summed E-state index contributed by atoms with van der Waals surface area (Å²) in [6.45, 7) is 4.17. The predicted molar refractivity (Wildman–Crippen MR) is 72.6 cm³/mol. The Labute approximate surface area is 115 Å². The zero-order valence-electron chi connectivity index (χ0n) is 10.8. The summed E-state index contributed by atoms with van der Waals surface area (Å²) in [5.74, 6) is -0.239. The van der Waals surface area contributed by atoms with Crippen LogP contribution in [0.3, 0.4) is 0 Å². The molecule has 0 spiro atoms. The van der Waals surface area contributed by atoms with Crippen LogP contribution in [0, 0.1) is 5.82 Å². The summed E-state index contributed by atoms with van der Waals surface area (Å²) in [6, 6.07) is 6.63. The highest BCUT2D eigenvalue weighted by Gasteiger charge is 2.42. The Balaban J connectivity index is 2.16. The van der Waals surface area contributed by atoms with Crippen LogP contribution in [0.4, 0.5) is 4.39 Å². The lowest BCUT2D eigenvalue weighted by atomic mass is 9.94. The van der Waals surface area contributed by atoms with Crippen molar-refractivity contribution in [1.29, 1.82) is 0 Å². The molecule has 5 heteroatoms. The number of aliphatic hydroxyl groups is 1. The summed E-state index contributed by atoms with van der Waals surface area (Å²) < 4.78 is 15.4. The topological polar surface area (TPSA) is 38.1 Å². The molecule has 0 amide bonds. The van der Waals surface area contributed by atoms with Crippen LogP contribution in [0.15, 0.2) is 35.6 Å². The number of aromatic nitrogens is 2. The van der Waals surface area contributed by atoms with Gasteiger partial charge in [0, 0.05) is 4.75 Å². The van der Waals surface area contributed by atoms with Crippen LogP contribution in [0.25, 0.3) is 0 Å². The number of aliphatic hydroxyl groups excluding tert-OH is 1. The van der Waals surface area contributed by atoms with E-state index in [-0.39, 0.29) is 23.2 Å². The molecule has 1 aromatic carbocycles. The maximum Gasteiger partial charge on any atom is 0.169 e. The second-order valence-electron chi connectivity index (χ2n) is 5.22. The molecule has 3 rings (SSSR count). The molecule has 3 nitrogen and oxygen atoms in total. The Morgan fingerprint density at radius 1 is 1.47 bits per heavy atom. The summed E-state index contributed by atoms with van der Waals surface area (Å²) in [5, 5.41) is 10.3. The molecule has 2 heterocycles. The molecule has 1 aliphatic rings. The van der Waals surface area contributed by atoms with Gasteiger partial charge >= 0.3 is 0 Å². The first kappa shape index (κ1) is 12.7. The third kappa shape index (κ3) is 1.97. The predicted octanol–water partition coefficient (Wildman–Crippen LogP) is 2.99. The fourth-order valence-corrected chi connectivity index (χ4v) is 3.92. The zero-order valence-corrected chi connectivity index (χ0v) is 11.6. The number of halogens is 1. The minimum absolute atomic E-state index is 0.0205. The summed E-state index contributed by atoms with van der Waals surface area (Å²) >= 11 is 1.66. The molecule has 1 aliphatic heterocycles. The lowest BCUT2D eigenvalue weighted by molar-refractivity contribution is 0.265. The van der Waals surface area contributed by atoms with Crippen LogP contribution >= 0.6 is 11.8 Å². The van der Waals surface area contributed by atoms with E-state index in [1.165, 1.54) is 6.07 Å². The number of hydrogen-bond donors (Lipinski definition) is 1. The molecule has 0 bridgehead atoms. The molecule has 1 atom stereocenters. The van der Waals surface area contributed by atoms with E-state index >= 15 is 0 Å². The van der Waals surface area contributed by atoms with Crippen molar-refractivity contribution in [3.63, 3.8) is 0 Å². The number of benzene rings is 1. The Hall–Kier alpha value is -1.33. The fraction of sp³-hybridized carbons (Fsp3) is 0.357. The first-order valence-electron chi connectivity index (χ1n) is 6.14. The van der Waals surface area contributed by atoms with Crippen LogP contribution in [0.1, 0.15) is 31.1 Å². The largest absolute Gasteiger partial charge is 0.390 e. The van der Waals surface area contributed by atoms with E-state index in [4.69, 9.17) is 0 Å². The van der Waals surface area contributed by atoms with Gasteiger partial charge in [0.2, 0.25) is 0 Å². The number of imidazole rings is 1. The first-order valence-corrected chi connectivity index (χ1v) is 6.96. The smallest absolute Gasteiger partial charge is 0.169 e. The monoisotopic (exact) mass is 278 g/mol. The molecule has 2 aromatic rings. The van der Waals surface area contributed by atoms with Crippen molar-refractivity contribution in [2.75, 3.05) is 0 Å². The lowest BCUT2D eigenvalue weighted by Gasteiger charge is -2.28. The Bertz CT molecular complexity index is 624. The molecule has 0 radical (unpaired) electrons. The summed E-state index contributed by atoms with van der Waals surface area (Å²) in [5.41, 5.74) is 1.67. The molecule has 1 N–H and O–H groups in total. The highest BCUT2D eigenvalue weighted by Crippen LogP contribution is 2.51. The van der Waals surface area contributed by atoms with Gasteiger partial charge in [-0.15, -0.1) is 0 Å². The van der Waals surface area contributed by atoms with Gasteiger partial charge in [0.05, 0.1) is 24.5 Å². The van der Waals surface area contributed by atoms with Crippen molar-refractivity contribution in [2.24, 2.45) is 0 Å². The number of hydrogen-bond acceptors (Lipinski definition) is 3. The molecule has 100 valence electrons. The van der Waals surface area contributed by atoms with Gasteiger partial charge in [-0.25, -0.2) is 9.37 Å². The summed E-state index contributed by atoms with van der Waals surface area (Å²) in [7, 11) is 0. The number of thioether (sulfide) groups is 1. The van der Waals surface area contributed by atoms with Crippen molar-refractivity contribution >= 4 is 11.8 Å². The average Bonchev–Trinajstić information content (AvgIpc) is 2.82. The van der Waals surface area contributed by atoms with Gasteiger partial charge in [-0.1, -0.05) is 23.9 Å².